The standard InChI is InChI=1S/C22H18ClFN2O3/c1-14(21(27)26-20-5-3-2-4-19(20)23)29-18-12-6-15(7-13-18)22(28)25-17-10-8-16(24)9-11-17/h2-14H,1H3,(H,25,28)(H,26,27)/t14-/m1/s1. The molecule has 0 heterocycles. The van der Waals surface area contributed by atoms with E-state index in [-0.39, 0.29) is 17.6 Å². The second-order valence-corrected chi connectivity index (χ2v) is 6.62. The molecular weight excluding hydrogens is 395 g/mol. The Bertz CT molecular complexity index is 1010. The zero-order valence-electron chi connectivity index (χ0n) is 15.5. The van der Waals surface area contributed by atoms with Crippen LogP contribution in [0.2, 0.25) is 5.02 Å². The molecule has 3 aromatic rings. The molecule has 0 aromatic heterocycles. The van der Waals surface area contributed by atoms with Crippen LogP contribution < -0.4 is 15.4 Å². The first-order chi connectivity index (χ1) is 13.9. The minimum Gasteiger partial charge on any atom is -0.481 e. The second kappa shape index (κ2) is 9.21. The van der Waals surface area contributed by atoms with E-state index in [0.29, 0.717) is 27.7 Å². The highest BCUT2D eigenvalue weighted by atomic mass is 35.5. The lowest BCUT2D eigenvalue weighted by atomic mass is 10.2. The number of carbonyl (C=O) groups is 2. The number of hydrogen-bond acceptors (Lipinski definition) is 3. The molecule has 2 amide bonds. The van der Waals surface area contributed by atoms with Crippen molar-refractivity contribution in [3.05, 3.63) is 89.2 Å². The molecule has 0 saturated carbocycles. The molecule has 0 unspecified atom stereocenters. The smallest absolute Gasteiger partial charge is 0.265 e. The molecule has 2 N–H and O–H groups in total. The van der Waals surface area contributed by atoms with Crippen molar-refractivity contribution in [2.75, 3.05) is 10.6 Å². The lowest BCUT2D eigenvalue weighted by Gasteiger charge is -2.15. The molecule has 0 saturated heterocycles. The number of carbonyl (C=O) groups excluding carboxylic acids is 2. The van der Waals surface area contributed by atoms with Crippen LogP contribution in [0.4, 0.5) is 15.8 Å². The van der Waals surface area contributed by atoms with Gasteiger partial charge in [-0.1, -0.05) is 23.7 Å². The zero-order chi connectivity index (χ0) is 20.8. The van der Waals surface area contributed by atoms with E-state index in [1.807, 2.05) is 0 Å². The number of hydrogen-bond donors (Lipinski definition) is 2. The number of para-hydroxylation sites is 1. The topological polar surface area (TPSA) is 67.4 Å². The van der Waals surface area contributed by atoms with Gasteiger partial charge in [-0.15, -0.1) is 0 Å². The molecule has 0 aliphatic carbocycles. The number of ether oxygens (including phenoxy) is 1. The summed E-state index contributed by atoms with van der Waals surface area (Å²) in [5.74, 6) is -0.633. The van der Waals surface area contributed by atoms with Gasteiger partial charge in [0.05, 0.1) is 10.7 Å². The Morgan fingerprint density at radius 1 is 0.931 bits per heavy atom. The van der Waals surface area contributed by atoms with E-state index in [9.17, 15) is 14.0 Å². The fraction of sp³-hybridized carbons (Fsp3) is 0.0909. The number of rotatable bonds is 6. The van der Waals surface area contributed by atoms with Crippen LogP contribution in [-0.2, 0) is 4.79 Å². The van der Waals surface area contributed by atoms with Gasteiger partial charge in [0.1, 0.15) is 11.6 Å². The van der Waals surface area contributed by atoms with Crippen LogP contribution in [0.25, 0.3) is 0 Å². The Hall–Kier alpha value is -3.38. The highest BCUT2D eigenvalue weighted by molar-refractivity contribution is 6.33. The van der Waals surface area contributed by atoms with Crippen molar-refractivity contribution in [3.8, 4) is 5.75 Å². The highest BCUT2D eigenvalue weighted by Crippen LogP contribution is 2.21. The average molecular weight is 413 g/mol. The zero-order valence-corrected chi connectivity index (χ0v) is 16.2. The summed E-state index contributed by atoms with van der Waals surface area (Å²) in [5, 5.41) is 5.81. The lowest BCUT2D eigenvalue weighted by molar-refractivity contribution is -0.122. The third-order valence-corrected chi connectivity index (χ3v) is 4.36. The average Bonchev–Trinajstić information content (AvgIpc) is 2.72. The summed E-state index contributed by atoms with van der Waals surface area (Å²) in [6.07, 6.45) is -0.773. The van der Waals surface area contributed by atoms with Crippen molar-refractivity contribution in [2.24, 2.45) is 0 Å². The summed E-state index contributed by atoms with van der Waals surface area (Å²) in [7, 11) is 0. The van der Waals surface area contributed by atoms with Crippen LogP contribution in [0.3, 0.4) is 0 Å². The maximum Gasteiger partial charge on any atom is 0.265 e. The predicted molar refractivity (Wildman–Crippen MR) is 111 cm³/mol. The monoisotopic (exact) mass is 412 g/mol. The first kappa shape index (κ1) is 20.4. The Labute approximate surface area is 172 Å². The lowest BCUT2D eigenvalue weighted by Crippen LogP contribution is -2.30. The Balaban J connectivity index is 1.58. The molecule has 3 aromatic carbocycles. The molecule has 0 bridgehead atoms. The van der Waals surface area contributed by atoms with Crippen LogP contribution in [0.1, 0.15) is 17.3 Å². The van der Waals surface area contributed by atoms with E-state index in [4.69, 9.17) is 16.3 Å². The minimum absolute atomic E-state index is 0.340. The molecule has 1 atom stereocenters. The molecule has 0 radical (unpaired) electrons. The van der Waals surface area contributed by atoms with Gasteiger partial charge in [-0.25, -0.2) is 4.39 Å². The van der Waals surface area contributed by atoms with Gasteiger partial charge in [0.2, 0.25) is 0 Å². The molecule has 0 aliphatic rings. The largest absolute Gasteiger partial charge is 0.481 e. The first-order valence-electron chi connectivity index (χ1n) is 8.81. The highest BCUT2D eigenvalue weighted by Gasteiger charge is 2.16. The minimum atomic E-state index is -0.773. The van der Waals surface area contributed by atoms with Crippen molar-refractivity contribution in [1.29, 1.82) is 0 Å². The van der Waals surface area contributed by atoms with Gasteiger partial charge < -0.3 is 15.4 Å². The quantitative estimate of drug-likeness (QED) is 0.589. The summed E-state index contributed by atoms with van der Waals surface area (Å²) < 4.78 is 18.6. The molecule has 29 heavy (non-hydrogen) atoms. The third-order valence-electron chi connectivity index (χ3n) is 4.03. The molecule has 0 aliphatic heterocycles. The molecule has 5 nitrogen and oxygen atoms in total. The van der Waals surface area contributed by atoms with Gasteiger partial charge in [0.25, 0.3) is 11.8 Å². The van der Waals surface area contributed by atoms with Gasteiger partial charge in [-0.3, -0.25) is 9.59 Å². The Morgan fingerprint density at radius 2 is 1.59 bits per heavy atom. The number of benzene rings is 3. The predicted octanol–water partition coefficient (Wildman–Crippen LogP) is 5.14. The normalized spacial score (nSPS) is 11.4. The second-order valence-electron chi connectivity index (χ2n) is 6.21. The number of nitrogens with one attached hydrogen (secondary N) is 2. The Kier molecular flexibility index (Phi) is 6.46. The van der Waals surface area contributed by atoms with E-state index in [1.165, 1.54) is 24.3 Å². The van der Waals surface area contributed by atoms with E-state index in [2.05, 4.69) is 10.6 Å². The number of halogens is 2. The summed E-state index contributed by atoms with van der Waals surface area (Å²) >= 11 is 6.03. The van der Waals surface area contributed by atoms with Crippen LogP contribution in [0.5, 0.6) is 5.75 Å². The van der Waals surface area contributed by atoms with Crippen molar-refractivity contribution in [3.63, 3.8) is 0 Å². The molecule has 148 valence electrons. The van der Waals surface area contributed by atoms with E-state index < -0.39 is 6.10 Å². The fourth-order valence-corrected chi connectivity index (χ4v) is 2.66. The summed E-state index contributed by atoms with van der Waals surface area (Å²) in [5.41, 5.74) is 1.39. The maximum atomic E-state index is 12.9. The number of amides is 2. The van der Waals surface area contributed by atoms with Gasteiger partial charge >= 0.3 is 0 Å². The van der Waals surface area contributed by atoms with Crippen LogP contribution in [-0.4, -0.2) is 17.9 Å². The molecule has 0 fully saturated rings. The van der Waals surface area contributed by atoms with Gasteiger partial charge in [0, 0.05) is 11.3 Å². The molecule has 3 rings (SSSR count). The van der Waals surface area contributed by atoms with Crippen LogP contribution >= 0.6 is 11.6 Å². The fourth-order valence-electron chi connectivity index (χ4n) is 2.48. The van der Waals surface area contributed by atoms with E-state index in [0.717, 1.165) is 0 Å². The summed E-state index contributed by atoms with van der Waals surface area (Å²) in [4.78, 5) is 24.5. The van der Waals surface area contributed by atoms with Crippen molar-refractivity contribution < 1.29 is 18.7 Å². The van der Waals surface area contributed by atoms with Gasteiger partial charge in [-0.2, -0.15) is 0 Å². The van der Waals surface area contributed by atoms with Crippen LogP contribution in [0, 0.1) is 5.82 Å². The Morgan fingerprint density at radius 3 is 2.24 bits per heavy atom. The third kappa shape index (κ3) is 5.56. The van der Waals surface area contributed by atoms with Crippen LogP contribution in [0.15, 0.2) is 72.8 Å². The summed E-state index contributed by atoms with van der Waals surface area (Å²) in [6.45, 7) is 1.61. The SMILES string of the molecule is C[C@@H](Oc1ccc(C(=O)Nc2ccc(F)cc2)cc1)C(=O)Nc1ccccc1Cl. The molecule has 7 heteroatoms. The first-order valence-corrected chi connectivity index (χ1v) is 9.19. The maximum absolute atomic E-state index is 12.9. The summed E-state index contributed by atoms with van der Waals surface area (Å²) in [6, 6.07) is 18.7. The molecule has 0 spiro atoms. The number of anilines is 2. The van der Waals surface area contributed by atoms with Crippen molar-refractivity contribution >= 4 is 34.8 Å². The van der Waals surface area contributed by atoms with E-state index in [1.54, 1.807) is 55.5 Å². The van der Waals surface area contributed by atoms with Gasteiger partial charge in [0.15, 0.2) is 6.10 Å². The molecular formula is C22H18ClFN2O3. The van der Waals surface area contributed by atoms with Crippen molar-refractivity contribution in [2.45, 2.75) is 13.0 Å². The van der Waals surface area contributed by atoms with E-state index >= 15 is 0 Å². The van der Waals surface area contributed by atoms with Crippen molar-refractivity contribution in [1.82, 2.24) is 0 Å². The van der Waals surface area contributed by atoms with Gasteiger partial charge in [-0.05, 0) is 67.6 Å².